The number of rotatable bonds is 7. The van der Waals surface area contributed by atoms with Crippen molar-refractivity contribution in [1.29, 1.82) is 0 Å². The van der Waals surface area contributed by atoms with Crippen LogP contribution < -0.4 is 0 Å². The molecule has 0 bridgehead atoms. The quantitative estimate of drug-likeness (QED) is 0.333. The van der Waals surface area contributed by atoms with Crippen LogP contribution in [-0.2, 0) is 16.0 Å². The fourth-order valence-corrected chi connectivity index (χ4v) is 2.54. The molecule has 0 aliphatic carbocycles. The second-order valence-corrected chi connectivity index (χ2v) is 5.32. The van der Waals surface area contributed by atoms with Crippen molar-refractivity contribution in [2.24, 2.45) is 5.92 Å². The Kier molecular flexibility index (Phi) is 6.35. The highest BCUT2D eigenvalue weighted by Gasteiger charge is 2.12. The van der Waals surface area contributed by atoms with Crippen LogP contribution in [0.5, 0.6) is 0 Å². The van der Waals surface area contributed by atoms with Gasteiger partial charge in [0.25, 0.3) is 5.69 Å². The monoisotopic (exact) mass is 283 g/mol. The second kappa shape index (κ2) is 7.78. The molecular weight excluding hydrogens is 266 g/mol. The number of ether oxygens (including phenoxy) is 1. The standard InChI is InChI=1S/C13H17NO4S/c1-10(13(15)18-2)9-19-8-7-11-3-5-12(6-4-11)14(16)17/h3-6,10H,7-9H2,1-2H3. The lowest BCUT2D eigenvalue weighted by Crippen LogP contribution is -2.15. The molecule has 0 radical (unpaired) electrons. The molecule has 0 spiro atoms. The molecule has 0 aromatic heterocycles. The number of carbonyl (C=O) groups excluding carboxylic acids is 1. The summed E-state index contributed by atoms with van der Waals surface area (Å²) >= 11 is 1.68. The number of hydrogen-bond donors (Lipinski definition) is 0. The number of nitro groups is 1. The van der Waals surface area contributed by atoms with Gasteiger partial charge in [0.05, 0.1) is 18.0 Å². The molecule has 0 N–H and O–H groups in total. The summed E-state index contributed by atoms with van der Waals surface area (Å²) in [4.78, 5) is 21.3. The number of aryl methyl sites for hydroxylation is 1. The number of carbonyl (C=O) groups is 1. The number of benzene rings is 1. The van der Waals surface area contributed by atoms with Gasteiger partial charge in [-0.3, -0.25) is 14.9 Å². The van der Waals surface area contributed by atoms with Crippen molar-refractivity contribution in [3.8, 4) is 0 Å². The van der Waals surface area contributed by atoms with Crippen molar-refractivity contribution in [2.45, 2.75) is 13.3 Å². The van der Waals surface area contributed by atoms with Gasteiger partial charge in [0.2, 0.25) is 0 Å². The molecule has 104 valence electrons. The third-order valence-electron chi connectivity index (χ3n) is 2.65. The SMILES string of the molecule is COC(=O)C(C)CSCCc1ccc([N+](=O)[O-])cc1. The minimum atomic E-state index is -0.406. The van der Waals surface area contributed by atoms with Crippen LogP contribution in [0.3, 0.4) is 0 Å². The normalized spacial score (nSPS) is 11.9. The van der Waals surface area contributed by atoms with E-state index in [2.05, 4.69) is 4.74 Å². The third-order valence-corrected chi connectivity index (χ3v) is 3.88. The summed E-state index contributed by atoms with van der Waals surface area (Å²) in [6, 6.07) is 6.55. The summed E-state index contributed by atoms with van der Waals surface area (Å²) < 4.78 is 4.65. The summed E-state index contributed by atoms with van der Waals surface area (Å²) in [6.45, 7) is 1.84. The Morgan fingerprint density at radius 1 is 1.42 bits per heavy atom. The number of nitrogens with zero attached hydrogens (tertiary/aromatic N) is 1. The van der Waals surface area contributed by atoms with E-state index in [0.29, 0.717) is 0 Å². The number of hydrogen-bond acceptors (Lipinski definition) is 5. The highest BCUT2D eigenvalue weighted by molar-refractivity contribution is 7.99. The number of thioether (sulfide) groups is 1. The van der Waals surface area contributed by atoms with E-state index in [9.17, 15) is 14.9 Å². The molecule has 0 aliphatic rings. The Bertz CT molecular complexity index is 433. The Hall–Kier alpha value is -1.56. The van der Waals surface area contributed by atoms with Gasteiger partial charge in [-0.05, 0) is 17.7 Å². The molecule has 19 heavy (non-hydrogen) atoms. The van der Waals surface area contributed by atoms with Crippen molar-refractivity contribution < 1.29 is 14.5 Å². The third kappa shape index (κ3) is 5.30. The van der Waals surface area contributed by atoms with Gasteiger partial charge in [0, 0.05) is 17.9 Å². The lowest BCUT2D eigenvalue weighted by Gasteiger charge is -2.08. The van der Waals surface area contributed by atoms with Crippen LogP contribution in [0.2, 0.25) is 0 Å². The molecule has 5 nitrogen and oxygen atoms in total. The van der Waals surface area contributed by atoms with Gasteiger partial charge in [-0.2, -0.15) is 11.8 Å². The molecule has 0 fully saturated rings. The van der Waals surface area contributed by atoms with Crippen LogP contribution in [-0.4, -0.2) is 29.5 Å². The highest BCUT2D eigenvalue weighted by Crippen LogP contribution is 2.15. The van der Waals surface area contributed by atoms with E-state index in [0.717, 1.165) is 23.5 Å². The maximum absolute atomic E-state index is 11.2. The number of methoxy groups -OCH3 is 1. The van der Waals surface area contributed by atoms with Crippen LogP contribution in [0.15, 0.2) is 24.3 Å². The van der Waals surface area contributed by atoms with Crippen molar-refractivity contribution in [3.05, 3.63) is 39.9 Å². The summed E-state index contributed by atoms with van der Waals surface area (Å²) in [5, 5.41) is 10.5. The van der Waals surface area contributed by atoms with E-state index >= 15 is 0 Å². The summed E-state index contributed by atoms with van der Waals surface area (Å²) in [5.74, 6) is 1.30. The minimum absolute atomic E-state index is 0.105. The smallest absolute Gasteiger partial charge is 0.309 e. The number of nitro benzene ring substituents is 1. The van der Waals surface area contributed by atoms with Crippen molar-refractivity contribution >= 4 is 23.4 Å². The van der Waals surface area contributed by atoms with Gasteiger partial charge in [0.1, 0.15) is 0 Å². The van der Waals surface area contributed by atoms with Crippen LogP contribution >= 0.6 is 11.8 Å². The first-order valence-electron chi connectivity index (χ1n) is 5.93. The first-order chi connectivity index (χ1) is 9.04. The van der Waals surface area contributed by atoms with E-state index in [1.807, 2.05) is 6.92 Å². The maximum atomic E-state index is 11.2. The Morgan fingerprint density at radius 3 is 2.58 bits per heavy atom. The largest absolute Gasteiger partial charge is 0.469 e. The van der Waals surface area contributed by atoms with Crippen molar-refractivity contribution in [2.75, 3.05) is 18.6 Å². The Labute approximate surface area is 116 Å². The fourth-order valence-electron chi connectivity index (χ4n) is 1.50. The van der Waals surface area contributed by atoms with Gasteiger partial charge in [-0.25, -0.2) is 0 Å². The maximum Gasteiger partial charge on any atom is 0.309 e. The van der Waals surface area contributed by atoms with Crippen LogP contribution in [0.25, 0.3) is 0 Å². The van der Waals surface area contributed by atoms with Gasteiger partial charge in [-0.1, -0.05) is 19.1 Å². The molecule has 0 saturated carbocycles. The van der Waals surface area contributed by atoms with Gasteiger partial charge < -0.3 is 4.74 Å². The van der Waals surface area contributed by atoms with Crippen molar-refractivity contribution in [3.63, 3.8) is 0 Å². The van der Waals surface area contributed by atoms with E-state index < -0.39 is 4.92 Å². The molecule has 0 saturated heterocycles. The second-order valence-electron chi connectivity index (χ2n) is 4.17. The molecule has 6 heteroatoms. The first kappa shape index (κ1) is 15.5. The van der Waals surface area contributed by atoms with E-state index in [-0.39, 0.29) is 17.6 Å². The molecule has 0 aliphatic heterocycles. The molecule has 0 amide bonds. The summed E-state index contributed by atoms with van der Waals surface area (Å²) in [7, 11) is 1.39. The van der Waals surface area contributed by atoms with Gasteiger partial charge >= 0.3 is 5.97 Å². The van der Waals surface area contributed by atoms with Gasteiger partial charge in [0.15, 0.2) is 0 Å². The summed E-state index contributed by atoms with van der Waals surface area (Å²) in [6.07, 6.45) is 0.830. The predicted molar refractivity (Wildman–Crippen MR) is 75.3 cm³/mol. The molecule has 1 atom stereocenters. The lowest BCUT2D eigenvalue weighted by molar-refractivity contribution is -0.384. The number of non-ortho nitro benzene ring substituents is 1. The first-order valence-corrected chi connectivity index (χ1v) is 7.09. The van der Waals surface area contributed by atoms with Crippen molar-refractivity contribution in [1.82, 2.24) is 0 Å². The zero-order valence-electron chi connectivity index (χ0n) is 11.0. The van der Waals surface area contributed by atoms with E-state index in [1.54, 1.807) is 23.9 Å². The highest BCUT2D eigenvalue weighted by atomic mass is 32.2. The number of esters is 1. The zero-order valence-corrected chi connectivity index (χ0v) is 11.8. The zero-order chi connectivity index (χ0) is 14.3. The van der Waals surface area contributed by atoms with E-state index in [4.69, 9.17) is 0 Å². The molecular formula is C13H17NO4S. The van der Waals surface area contributed by atoms with E-state index in [1.165, 1.54) is 19.2 Å². The van der Waals surface area contributed by atoms with Crippen LogP contribution in [0.1, 0.15) is 12.5 Å². The molecule has 0 heterocycles. The average molecular weight is 283 g/mol. The minimum Gasteiger partial charge on any atom is -0.469 e. The topological polar surface area (TPSA) is 69.4 Å². The summed E-state index contributed by atoms with van der Waals surface area (Å²) in [5.41, 5.74) is 1.17. The Morgan fingerprint density at radius 2 is 2.05 bits per heavy atom. The average Bonchev–Trinajstić information content (AvgIpc) is 2.42. The molecule has 1 unspecified atom stereocenters. The molecule has 1 rings (SSSR count). The molecule has 1 aromatic carbocycles. The molecule has 1 aromatic rings. The predicted octanol–water partition coefficient (Wildman–Crippen LogP) is 2.68. The lowest BCUT2D eigenvalue weighted by atomic mass is 10.1. The van der Waals surface area contributed by atoms with Crippen LogP contribution in [0.4, 0.5) is 5.69 Å². The Balaban J connectivity index is 2.29. The van der Waals surface area contributed by atoms with Crippen LogP contribution in [0, 0.1) is 16.0 Å². The fraction of sp³-hybridized carbons (Fsp3) is 0.462. The van der Waals surface area contributed by atoms with Gasteiger partial charge in [-0.15, -0.1) is 0 Å².